The van der Waals surface area contributed by atoms with E-state index in [1.165, 1.54) is 10.1 Å². The first-order valence-electron chi connectivity index (χ1n) is 4.91. The van der Waals surface area contributed by atoms with E-state index in [0.717, 1.165) is 4.88 Å². The average molecular weight is 231 g/mol. The van der Waals surface area contributed by atoms with Gasteiger partial charge in [0, 0.05) is 22.5 Å². The number of hydrogen-bond donors (Lipinski definition) is 0. The van der Waals surface area contributed by atoms with Crippen molar-refractivity contribution in [3.63, 3.8) is 0 Å². The van der Waals surface area contributed by atoms with E-state index in [2.05, 4.69) is 42.2 Å². The number of hydrogen-bond acceptors (Lipinski definition) is 2. The van der Waals surface area contributed by atoms with Crippen LogP contribution in [-0.4, -0.2) is 13.1 Å². The van der Waals surface area contributed by atoms with Crippen molar-refractivity contribution in [2.24, 2.45) is 0 Å². The van der Waals surface area contributed by atoms with Gasteiger partial charge < -0.3 is 0 Å². The number of fused-ring (bicyclic) bond motifs is 1. The second-order valence-corrected chi connectivity index (χ2v) is 10.4. The van der Waals surface area contributed by atoms with E-state index in [9.17, 15) is 0 Å². The number of thiophene rings is 1. The minimum atomic E-state index is -1.26. The second-order valence-electron chi connectivity index (χ2n) is 4.52. The van der Waals surface area contributed by atoms with E-state index in [1.807, 2.05) is 18.5 Å². The number of rotatable bonds is 0. The molecule has 0 saturated carbocycles. The van der Waals surface area contributed by atoms with Crippen LogP contribution in [0.5, 0.6) is 0 Å². The Labute approximate surface area is 95.2 Å². The Morgan fingerprint density at radius 1 is 1.33 bits per heavy atom. The van der Waals surface area contributed by atoms with Crippen LogP contribution in [0.3, 0.4) is 0 Å². The molecule has 0 saturated heterocycles. The van der Waals surface area contributed by atoms with Crippen LogP contribution in [-0.2, 0) is 0 Å². The molecule has 2 aromatic rings. The van der Waals surface area contributed by atoms with Crippen molar-refractivity contribution in [1.29, 1.82) is 0 Å². The Bertz CT molecular complexity index is 507. The summed E-state index contributed by atoms with van der Waals surface area (Å²) in [5.74, 6) is 3.28. The Morgan fingerprint density at radius 2 is 2.13 bits per heavy atom. The molecule has 0 unspecified atom stereocenters. The van der Waals surface area contributed by atoms with Crippen molar-refractivity contribution in [2.75, 3.05) is 0 Å². The van der Waals surface area contributed by atoms with Gasteiger partial charge in [-0.15, -0.1) is 16.9 Å². The van der Waals surface area contributed by atoms with Crippen LogP contribution in [0.15, 0.2) is 24.5 Å². The molecule has 0 amide bonds. The molecule has 0 aliphatic carbocycles. The lowest BCUT2D eigenvalue weighted by Gasteiger charge is -2.02. The summed E-state index contributed by atoms with van der Waals surface area (Å²) in [5, 5.41) is 1.20. The van der Waals surface area contributed by atoms with Crippen LogP contribution in [0, 0.1) is 11.5 Å². The van der Waals surface area contributed by atoms with Crippen LogP contribution in [0.1, 0.15) is 4.88 Å². The third-order valence-electron chi connectivity index (χ3n) is 1.88. The van der Waals surface area contributed by atoms with Gasteiger partial charge in [-0.25, -0.2) is 0 Å². The number of aromatic nitrogens is 1. The monoisotopic (exact) mass is 231 g/mol. The molecule has 2 heterocycles. The van der Waals surface area contributed by atoms with Gasteiger partial charge in [0.1, 0.15) is 8.07 Å². The predicted molar refractivity (Wildman–Crippen MR) is 69.8 cm³/mol. The molecule has 0 aliphatic rings. The zero-order valence-electron chi connectivity index (χ0n) is 9.16. The summed E-state index contributed by atoms with van der Waals surface area (Å²) < 4.78 is 1.27. The fraction of sp³-hybridized carbons (Fsp3) is 0.250. The van der Waals surface area contributed by atoms with Crippen LogP contribution >= 0.6 is 11.3 Å². The second kappa shape index (κ2) is 3.80. The molecule has 2 rings (SSSR count). The van der Waals surface area contributed by atoms with Gasteiger partial charge in [0.05, 0.1) is 4.88 Å². The van der Waals surface area contributed by atoms with Crippen molar-refractivity contribution in [2.45, 2.75) is 19.6 Å². The smallest absolute Gasteiger partial charge is 0.129 e. The third-order valence-corrected chi connectivity index (χ3v) is 3.78. The normalized spacial score (nSPS) is 11.1. The minimum Gasteiger partial charge on any atom is -0.264 e. The molecular weight excluding hydrogens is 218 g/mol. The summed E-state index contributed by atoms with van der Waals surface area (Å²) in [4.78, 5) is 5.26. The third kappa shape index (κ3) is 2.68. The fourth-order valence-corrected chi connectivity index (χ4v) is 2.68. The van der Waals surface area contributed by atoms with Gasteiger partial charge in [-0.05, 0) is 12.1 Å². The summed E-state index contributed by atoms with van der Waals surface area (Å²) in [7, 11) is -1.26. The Hall–Kier alpha value is -1.11. The maximum absolute atomic E-state index is 4.10. The zero-order chi connectivity index (χ0) is 10.9. The average Bonchev–Trinajstić information content (AvgIpc) is 2.56. The Morgan fingerprint density at radius 3 is 2.80 bits per heavy atom. The lowest BCUT2D eigenvalue weighted by Crippen LogP contribution is -2.16. The highest BCUT2D eigenvalue weighted by molar-refractivity contribution is 7.19. The first kappa shape index (κ1) is 10.4. The molecule has 15 heavy (non-hydrogen) atoms. The summed E-state index contributed by atoms with van der Waals surface area (Å²) in [6.45, 7) is 6.78. The molecule has 0 N–H and O–H groups in total. The van der Waals surface area contributed by atoms with Crippen molar-refractivity contribution in [3.8, 4) is 11.5 Å². The van der Waals surface area contributed by atoms with E-state index in [0.29, 0.717) is 0 Å². The van der Waals surface area contributed by atoms with Crippen molar-refractivity contribution in [1.82, 2.24) is 4.98 Å². The van der Waals surface area contributed by atoms with Crippen LogP contribution in [0.2, 0.25) is 19.6 Å². The molecule has 1 nitrogen and oxygen atoms in total. The summed E-state index contributed by atoms with van der Waals surface area (Å²) in [6, 6.07) is 4.17. The highest BCUT2D eigenvalue weighted by Crippen LogP contribution is 2.23. The van der Waals surface area contributed by atoms with Gasteiger partial charge in [0.15, 0.2) is 0 Å². The predicted octanol–water partition coefficient (Wildman–Crippen LogP) is 3.53. The molecule has 2 aromatic heterocycles. The Balaban J connectivity index is 2.41. The lowest BCUT2D eigenvalue weighted by atomic mass is 10.3. The molecule has 0 aromatic carbocycles. The molecule has 0 bridgehead atoms. The molecule has 76 valence electrons. The van der Waals surface area contributed by atoms with E-state index in [1.54, 1.807) is 11.3 Å². The first-order valence-corrected chi connectivity index (χ1v) is 9.23. The van der Waals surface area contributed by atoms with Crippen molar-refractivity contribution < 1.29 is 0 Å². The SMILES string of the molecule is C[Si](C)(C)C#Cc1cc2cnccc2s1. The van der Waals surface area contributed by atoms with Gasteiger partial charge in [-0.1, -0.05) is 25.6 Å². The van der Waals surface area contributed by atoms with Gasteiger partial charge in [0.25, 0.3) is 0 Å². The minimum absolute atomic E-state index is 1.15. The van der Waals surface area contributed by atoms with E-state index in [-0.39, 0.29) is 0 Å². The van der Waals surface area contributed by atoms with Crippen molar-refractivity contribution >= 4 is 29.5 Å². The van der Waals surface area contributed by atoms with Crippen LogP contribution < -0.4 is 0 Å². The fourth-order valence-electron chi connectivity index (χ4n) is 1.20. The number of pyridine rings is 1. The maximum Gasteiger partial charge on any atom is 0.129 e. The first-order chi connectivity index (χ1) is 7.04. The van der Waals surface area contributed by atoms with E-state index < -0.39 is 8.07 Å². The van der Waals surface area contributed by atoms with Crippen LogP contribution in [0.25, 0.3) is 10.1 Å². The van der Waals surface area contributed by atoms with Crippen molar-refractivity contribution in [3.05, 3.63) is 29.4 Å². The molecule has 0 spiro atoms. The summed E-state index contributed by atoms with van der Waals surface area (Å²) in [5.41, 5.74) is 3.38. The molecule has 0 radical (unpaired) electrons. The highest BCUT2D eigenvalue weighted by Gasteiger charge is 2.07. The zero-order valence-corrected chi connectivity index (χ0v) is 11.0. The quantitative estimate of drug-likeness (QED) is 0.499. The van der Waals surface area contributed by atoms with Gasteiger partial charge >= 0.3 is 0 Å². The molecular formula is C12H13NSSi. The molecule has 0 atom stereocenters. The molecule has 3 heteroatoms. The number of nitrogens with zero attached hydrogens (tertiary/aromatic N) is 1. The van der Waals surface area contributed by atoms with Gasteiger partial charge in [-0.3, -0.25) is 4.98 Å². The topological polar surface area (TPSA) is 12.9 Å². The highest BCUT2D eigenvalue weighted by atomic mass is 32.1. The van der Waals surface area contributed by atoms with E-state index >= 15 is 0 Å². The summed E-state index contributed by atoms with van der Waals surface area (Å²) in [6.07, 6.45) is 3.72. The maximum atomic E-state index is 4.10. The largest absolute Gasteiger partial charge is 0.264 e. The Kier molecular flexibility index (Phi) is 2.64. The van der Waals surface area contributed by atoms with Gasteiger partial charge in [0.2, 0.25) is 0 Å². The van der Waals surface area contributed by atoms with Crippen LogP contribution in [0.4, 0.5) is 0 Å². The van der Waals surface area contributed by atoms with E-state index in [4.69, 9.17) is 0 Å². The lowest BCUT2D eigenvalue weighted by molar-refractivity contribution is 1.37. The molecule has 0 fully saturated rings. The summed E-state index contributed by atoms with van der Waals surface area (Å²) >= 11 is 1.75. The standard InChI is InChI=1S/C12H13NSSi/c1-15(2,3)7-5-11-8-10-9-13-6-4-12(10)14-11/h4,6,8-9H,1-3H3. The van der Waals surface area contributed by atoms with Gasteiger partial charge in [-0.2, -0.15) is 0 Å². The molecule has 0 aliphatic heterocycles.